The van der Waals surface area contributed by atoms with Crippen molar-refractivity contribution in [2.45, 2.75) is 70.9 Å². The third-order valence-electron chi connectivity index (χ3n) is 7.86. The smallest absolute Gasteiger partial charge is 0.245 e. The molecule has 2 heterocycles. The van der Waals surface area contributed by atoms with E-state index >= 15 is 0 Å². The highest BCUT2D eigenvalue weighted by Crippen LogP contribution is 2.60. The van der Waals surface area contributed by atoms with Crippen LogP contribution in [0.2, 0.25) is 0 Å². The Bertz CT molecular complexity index is 747. The van der Waals surface area contributed by atoms with Gasteiger partial charge in [0.1, 0.15) is 17.6 Å². The van der Waals surface area contributed by atoms with Crippen molar-refractivity contribution in [2.24, 2.45) is 23.2 Å². The average molecular weight is 385 g/mol. The zero-order chi connectivity index (χ0) is 19.5. The van der Waals surface area contributed by atoms with Crippen LogP contribution in [0.15, 0.2) is 16.5 Å². The summed E-state index contributed by atoms with van der Waals surface area (Å²) >= 11 is 0. The van der Waals surface area contributed by atoms with E-state index in [0.717, 1.165) is 67.9 Å². The Balaban J connectivity index is 1.31. The molecule has 1 aromatic heterocycles. The lowest BCUT2D eigenvalue weighted by Crippen LogP contribution is -2.57. The van der Waals surface area contributed by atoms with Crippen molar-refractivity contribution in [3.05, 3.63) is 23.7 Å². The number of amides is 2. The van der Waals surface area contributed by atoms with Crippen molar-refractivity contribution >= 4 is 11.8 Å². The van der Waals surface area contributed by atoms with Crippen LogP contribution in [0.4, 0.5) is 0 Å². The predicted molar refractivity (Wildman–Crippen MR) is 105 cm³/mol. The molecule has 5 aliphatic rings. The normalized spacial score (nSPS) is 36.1. The summed E-state index contributed by atoms with van der Waals surface area (Å²) in [6.07, 6.45) is 8.92. The topological polar surface area (TPSA) is 53.8 Å². The fourth-order valence-electron chi connectivity index (χ4n) is 7.08. The molecule has 1 unspecified atom stereocenters. The van der Waals surface area contributed by atoms with E-state index in [4.69, 9.17) is 4.42 Å². The number of aryl methyl sites for hydroxylation is 1. The molecule has 2 amide bonds. The van der Waals surface area contributed by atoms with Crippen LogP contribution in [-0.2, 0) is 16.1 Å². The maximum absolute atomic E-state index is 13.7. The van der Waals surface area contributed by atoms with Crippen molar-refractivity contribution in [2.75, 3.05) is 13.6 Å². The second-order valence-corrected chi connectivity index (χ2v) is 10.1. The van der Waals surface area contributed by atoms with E-state index in [-0.39, 0.29) is 17.4 Å². The van der Waals surface area contributed by atoms with Crippen molar-refractivity contribution in [3.63, 3.8) is 0 Å². The van der Waals surface area contributed by atoms with Crippen molar-refractivity contribution < 1.29 is 14.0 Å². The highest BCUT2D eigenvalue weighted by atomic mass is 16.3. The largest absolute Gasteiger partial charge is 0.464 e. The first-order valence-corrected chi connectivity index (χ1v) is 11.0. The quantitative estimate of drug-likeness (QED) is 0.794. The van der Waals surface area contributed by atoms with Crippen LogP contribution in [0.1, 0.15) is 62.9 Å². The van der Waals surface area contributed by atoms with Gasteiger partial charge in [0.15, 0.2) is 0 Å². The SMILES string of the molecule is Cc1ccc(CN(C)C(=O)C2CCCN2C(=O)C23CC4CC(CC(C4)C2)C3)o1. The number of likely N-dealkylation sites (tertiary alicyclic amines) is 1. The monoisotopic (exact) mass is 384 g/mol. The van der Waals surface area contributed by atoms with Crippen LogP contribution in [0, 0.1) is 30.1 Å². The Morgan fingerprint density at radius 2 is 1.79 bits per heavy atom. The second kappa shape index (κ2) is 6.64. The minimum atomic E-state index is -0.290. The molecule has 5 heteroatoms. The Kier molecular flexibility index (Phi) is 4.33. The molecule has 4 aliphatic carbocycles. The van der Waals surface area contributed by atoms with Gasteiger partial charge in [-0.15, -0.1) is 0 Å². The maximum Gasteiger partial charge on any atom is 0.245 e. The number of carbonyl (C=O) groups is 2. The van der Waals surface area contributed by atoms with Gasteiger partial charge >= 0.3 is 0 Å². The summed E-state index contributed by atoms with van der Waals surface area (Å²) in [6.45, 7) is 3.11. The zero-order valence-electron chi connectivity index (χ0n) is 17.2. The van der Waals surface area contributed by atoms with Gasteiger partial charge in [0.05, 0.1) is 12.0 Å². The highest BCUT2D eigenvalue weighted by Gasteiger charge is 2.56. The van der Waals surface area contributed by atoms with E-state index in [1.807, 2.05) is 31.0 Å². The third-order valence-corrected chi connectivity index (χ3v) is 7.86. The number of hydrogen-bond acceptors (Lipinski definition) is 3. The molecule has 1 aliphatic heterocycles. The molecule has 4 bridgehead atoms. The summed E-state index contributed by atoms with van der Waals surface area (Å²) in [6, 6.07) is 3.56. The lowest BCUT2D eigenvalue weighted by atomic mass is 9.49. The van der Waals surface area contributed by atoms with E-state index in [1.165, 1.54) is 19.3 Å². The third kappa shape index (κ3) is 2.98. The van der Waals surface area contributed by atoms with Crippen LogP contribution in [0.3, 0.4) is 0 Å². The van der Waals surface area contributed by atoms with Crippen molar-refractivity contribution in [3.8, 4) is 0 Å². The lowest BCUT2D eigenvalue weighted by Gasteiger charge is -2.56. The molecule has 5 nitrogen and oxygen atoms in total. The first-order valence-electron chi connectivity index (χ1n) is 11.0. The van der Waals surface area contributed by atoms with Gasteiger partial charge in [0.25, 0.3) is 0 Å². The Labute approximate surface area is 167 Å². The molecule has 28 heavy (non-hydrogen) atoms. The van der Waals surface area contributed by atoms with Gasteiger partial charge in [-0.25, -0.2) is 0 Å². The van der Waals surface area contributed by atoms with Gasteiger partial charge in [0.2, 0.25) is 11.8 Å². The van der Waals surface area contributed by atoms with Crippen LogP contribution in [0.25, 0.3) is 0 Å². The summed E-state index contributed by atoms with van der Waals surface area (Å²) in [5.74, 6) is 4.25. The number of nitrogens with zero attached hydrogens (tertiary/aromatic N) is 2. The first-order chi connectivity index (χ1) is 13.4. The summed E-state index contributed by atoms with van der Waals surface area (Å²) in [4.78, 5) is 30.6. The van der Waals surface area contributed by atoms with Gasteiger partial charge in [-0.2, -0.15) is 0 Å². The fourth-order valence-corrected chi connectivity index (χ4v) is 7.08. The Hall–Kier alpha value is -1.78. The Morgan fingerprint density at radius 1 is 1.14 bits per heavy atom. The number of furan rings is 1. The van der Waals surface area contributed by atoms with E-state index < -0.39 is 0 Å². The minimum Gasteiger partial charge on any atom is -0.464 e. The van der Waals surface area contributed by atoms with Gasteiger partial charge in [-0.1, -0.05) is 0 Å². The summed E-state index contributed by atoms with van der Waals surface area (Å²) in [7, 11) is 1.83. The minimum absolute atomic E-state index is 0.0598. The molecular formula is C23H32N2O3. The molecule has 152 valence electrons. The first kappa shape index (κ1) is 18.3. The molecular weight excluding hydrogens is 352 g/mol. The lowest BCUT2D eigenvalue weighted by molar-refractivity contribution is -0.161. The van der Waals surface area contributed by atoms with E-state index in [1.54, 1.807) is 4.90 Å². The predicted octanol–water partition coefficient (Wildman–Crippen LogP) is 3.75. The summed E-state index contributed by atoms with van der Waals surface area (Å²) in [5, 5.41) is 0. The number of hydrogen-bond donors (Lipinski definition) is 0. The molecule has 0 spiro atoms. The van der Waals surface area contributed by atoms with Gasteiger partial charge in [-0.3, -0.25) is 9.59 Å². The molecule has 1 aromatic rings. The van der Waals surface area contributed by atoms with E-state index in [9.17, 15) is 9.59 Å². The second-order valence-electron chi connectivity index (χ2n) is 10.1. The molecule has 1 atom stereocenters. The van der Waals surface area contributed by atoms with Crippen molar-refractivity contribution in [1.82, 2.24) is 9.80 Å². The standard InChI is InChI=1S/C23H32N2O3/c1-15-5-6-19(28-15)14-24(2)21(26)20-4-3-7-25(20)22(27)23-11-16-8-17(12-23)10-18(9-16)13-23/h5-6,16-18,20H,3-4,7-14H2,1-2H3. The van der Waals surface area contributed by atoms with E-state index in [0.29, 0.717) is 12.5 Å². The van der Waals surface area contributed by atoms with Crippen molar-refractivity contribution in [1.29, 1.82) is 0 Å². The van der Waals surface area contributed by atoms with Crippen LogP contribution in [0.5, 0.6) is 0 Å². The highest BCUT2D eigenvalue weighted by molar-refractivity contribution is 5.91. The fraction of sp³-hybridized carbons (Fsp3) is 0.739. The number of carbonyl (C=O) groups excluding carboxylic acids is 2. The van der Waals surface area contributed by atoms with E-state index in [2.05, 4.69) is 0 Å². The van der Waals surface area contributed by atoms with Crippen LogP contribution in [-0.4, -0.2) is 41.2 Å². The number of rotatable bonds is 4. The number of likely N-dealkylation sites (N-methyl/N-ethyl adjacent to an activating group) is 1. The summed E-state index contributed by atoms with van der Waals surface area (Å²) < 4.78 is 5.63. The van der Waals surface area contributed by atoms with Gasteiger partial charge in [-0.05, 0) is 88.2 Å². The average Bonchev–Trinajstić information content (AvgIpc) is 3.28. The molecule has 0 radical (unpaired) electrons. The Morgan fingerprint density at radius 3 is 2.36 bits per heavy atom. The molecule has 5 fully saturated rings. The van der Waals surface area contributed by atoms with Crippen LogP contribution < -0.4 is 0 Å². The summed E-state index contributed by atoms with van der Waals surface area (Å²) in [5.41, 5.74) is -0.158. The zero-order valence-corrected chi connectivity index (χ0v) is 17.2. The van der Waals surface area contributed by atoms with Gasteiger partial charge < -0.3 is 14.2 Å². The molecule has 0 N–H and O–H groups in total. The molecule has 0 aromatic carbocycles. The molecule has 1 saturated heterocycles. The van der Waals surface area contributed by atoms with Gasteiger partial charge in [0, 0.05) is 13.6 Å². The van der Waals surface area contributed by atoms with Crippen LogP contribution >= 0.6 is 0 Å². The molecule has 4 saturated carbocycles. The maximum atomic E-state index is 13.7. The molecule has 6 rings (SSSR count).